The first-order valence-electron chi connectivity index (χ1n) is 12.6. The van der Waals surface area contributed by atoms with Crippen LogP contribution in [0.3, 0.4) is 0 Å². The van der Waals surface area contributed by atoms with E-state index in [-0.39, 0.29) is 0 Å². The summed E-state index contributed by atoms with van der Waals surface area (Å²) in [7, 11) is 0. The average molecular weight is 485 g/mol. The van der Waals surface area contributed by atoms with E-state index < -0.39 is 0 Å². The molecule has 1 fully saturated rings. The summed E-state index contributed by atoms with van der Waals surface area (Å²) in [5, 5.41) is 5.46. The fraction of sp³-hybridized carbons (Fsp3) is 0.300. The van der Waals surface area contributed by atoms with Gasteiger partial charge in [0.15, 0.2) is 0 Å². The Labute approximate surface area is 213 Å². The molecule has 0 saturated carbocycles. The Balaban J connectivity index is 1.16. The van der Waals surface area contributed by atoms with Crippen LogP contribution in [0.1, 0.15) is 24.0 Å². The van der Waals surface area contributed by atoms with Crippen LogP contribution in [0.5, 0.6) is 0 Å². The molecule has 0 unspecified atom stereocenters. The lowest BCUT2D eigenvalue weighted by Gasteiger charge is -2.39. The van der Waals surface area contributed by atoms with Crippen LogP contribution >= 0.6 is 11.6 Å². The molecular formula is C30H33ClN4. The first-order valence-corrected chi connectivity index (χ1v) is 12.9. The lowest BCUT2D eigenvalue weighted by atomic mass is 10.0. The van der Waals surface area contributed by atoms with Gasteiger partial charge in [-0.15, -0.1) is 0 Å². The predicted octanol–water partition coefficient (Wildman–Crippen LogP) is 6.47. The summed E-state index contributed by atoms with van der Waals surface area (Å²) in [6.07, 6.45) is 4.26. The zero-order valence-corrected chi connectivity index (χ0v) is 20.9. The molecule has 1 aliphatic rings. The van der Waals surface area contributed by atoms with Crippen molar-refractivity contribution in [1.82, 2.24) is 14.8 Å². The summed E-state index contributed by atoms with van der Waals surface area (Å²) < 4.78 is 0. The molecule has 0 radical (unpaired) electrons. The quantitative estimate of drug-likeness (QED) is 0.295. The molecule has 4 aromatic rings. The Morgan fingerprint density at radius 2 is 1.51 bits per heavy atom. The number of nitrogens with one attached hydrogen (secondary N) is 1. The molecule has 0 atom stereocenters. The fourth-order valence-electron chi connectivity index (χ4n) is 5.08. The van der Waals surface area contributed by atoms with Crippen molar-refractivity contribution < 1.29 is 0 Å². The van der Waals surface area contributed by atoms with Crippen molar-refractivity contribution in [2.45, 2.75) is 32.0 Å². The minimum atomic E-state index is 0.605. The number of aromatic nitrogens is 1. The van der Waals surface area contributed by atoms with Gasteiger partial charge in [0.2, 0.25) is 0 Å². The van der Waals surface area contributed by atoms with Crippen LogP contribution in [-0.2, 0) is 13.1 Å². The van der Waals surface area contributed by atoms with Crippen molar-refractivity contribution in [3.63, 3.8) is 0 Å². The van der Waals surface area contributed by atoms with E-state index in [2.05, 4.69) is 80.8 Å². The molecule has 180 valence electrons. The van der Waals surface area contributed by atoms with Crippen molar-refractivity contribution in [2.75, 3.05) is 31.5 Å². The molecule has 0 amide bonds. The van der Waals surface area contributed by atoms with Gasteiger partial charge in [0, 0.05) is 54.5 Å². The van der Waals surface area contributed by atoms with Gasteiger partial charge in [-0.1, -0.05) is 72.3 Å². The van der Waals surface area contributed by atoms with Gasteiger partial charge < -0.3 is 10.2 Å². The standard InChI is InChI=1S/C30H33ClN4/c31-26-11-12-28-29(13-16-32-30(28)21-26)33-17-20-34-18-14-27(15-19-34)35(22-24-7-3-1-4-8-24)23-25-9-5-2-6-10-25/h1-13,16,21,27H,14-15,17-20,22-23H2,(H,32,33). The zero-order valence-electron chi connectivity index (χ0n) is 20.1. The van der Waals surface area contributed by atoms with Crippen LogP contribution in [0.25, 0.3) is 10.9 Å². The van der Waals surface area contributed by atoms with Gasteiger partial charge >= 0.3 is 0 Å². The molecule has 0 aliphatic carbocycles. The van der Waals surface area contributed by atoms with Gasteiger partial charge in [0.05, 0.1) is 5.52 Å². The van der Waals surface area contributed by atoms with Crippen molar-refractivity contribution in [1.29, 1.82) is 0 Å². The predicted molar refractivity (Wildman–Crippen MR) is 147 cm³/mol. The SMILES string of the molecule is Clc1ccc2c(NCCN3CCC(N(Cc4ccccc4)Cc4ccccc4)CC3)ccnc2c1. The third kappa shape index (κ3) is 6.40. The van der Waals surface area contributed by atoms with E-state index in [4.69, 9.17) is 11.6 Å². The number of nitrogens with zero attached hydrogens (tertiary/aromatic N) is 3. The van der Waals surface area contributed by atoms with E-state index in [0.717, 1.165) is 60.9 Å². The number of piperidine rings is 1. The molecule has 1 aliphatic heterocycles. The van der Waals surface area contributed by atoms with E-state index >= 15 is 0 Å². The van der Waals surface area contributed by atoms with Crippen LogP contribution in [0, 0.1) is 0 Å². The van der Waals surface area contributed by atoms with Crippen LogP contribution in [0.4, 0.5) is 5.69 Å². The Morgan fingerprint density at radius 3 is 2.17 bits per heavy atom. The first kappa shape index (κ1) is 23.8. The fourth-order valence-corrected chi connectivity index (χ4v) is 5.25. The van der Waals surface area contributed by atoms with E-state index in [0.29, 0.717) is 6.04 Å². The van der Waals surface area contributed by atoms with Crippen molar-refractivity contribution in [2.24, 2.45) is 0 Å². The number of benzene rings is 3. The number of hydrogen-bond donors (Lipinski definition) is 1. The summed E-state index contributed by atoms with van der Waals surface area (Å²) in [6.45, 7) is 6.24. The molecule has 2 heterocycles. The van der Waals surface area contributed by atoms with E-state index in [1.54, 1.807) is 0 Å². The Kier molecular flexibility index (Phi) is 7.94. The summed E-state index contributed by atoms with van der Waals surface area (Å²) in [5.41, 5.74) is 4.83. The molecule has 4 nitrogen and oxygen atoms in total. The van der Waals surface area contributed by atoms with Gasteiger partial charge in [-0.05, 0) is 61.3 Å². The minimum absolute atomic E-state index is 0.605. The van der Waals surface area contributed by atoms with Gasteiger partial charge in [0.25, 0.3) is 0 Å². The second kappa shape index (κ2) is 11.7. The Hall–Kier alpha value is -2.92. The average Bonchev–Trinajstić information content (AvgIpc) is 2.90. The molecule has 35 heavy (non-hydrogen) atoms. The molecule has 5 rings (SSSR count). The van der Waals surface area contributed by atoms with Crippen LogP contribution in [-0.4, -0.2) is 47.0 Å². The maximum Gasteiger partial charge on any atom is 0.0737 e. The monoisotopic (exact) mass is 484 g/mol. The summed E-state index contributed by atoms with van der Waals surface area (Å²) >= 11 is 6.13. The zero-order chi connectivity index (χ0) is 23.9. The number of likely N-dealkylation sites (tertiary alicyclic amines) is 1. The first-order chi connectivity index (χ1) is 17.2. The van der Waals surface area contributed by atoms with Crippen molar-refractivity contribution >= 4 is 28.2 Å². The van der Waals surface area contributed by atoms with Crippen LogP contribution in [0.2, 0.25) is 5.02 Å². The maximum absolute atomic E-state index is 6.13. The highest BCUT2D eigenvalue weighted by Crippen LogP contribution is 2.25. The Morgan fingerprint density at radius 1 is 0.857 bits per heavy atom. The topological polar surface area (TPSA) is 31.4 Å². The molecule has 3 aromatic carbocycles. The van der Waals surface area contributed by atoms with E-state index in [1.165, 1.54) is 24.0 Å². The molecule has 1 N–H and O–H groups in total. The summed E-state index contributed by atoms with van der Waals surface area (Å²) in [6, 6.07) is 30.3. The maximum atomic E-state index is 6.13. The summed E-state index contributed by atoms with van der Waals surface area (Å²) in [5.74, 6) is 0. The van der Waals surface area contributed by atoms with Crippen molar-refractivity contribution in [3.05, 3.63) is 107 Å². The third-order valence-corrected chi connectivity index (χ3v) is 7.21. The smallest absolute Gasteiger partial charge is 0.0737 e. The molecule has 1 aromatic heterocycles. The minimum Gasteiger partial charge on any atom is -0.383 e. The number of hydrogen-bond acceptors (Lipinski definition) is 4. The Bertz CT molecular complexity index is 1170. The van der Waals surface area contributed by atoms with E-state index in [1.807, 2.05) is 30.5 Å². The lowest BCUT2D eigenvalue weighted by Crippen LogP contribution is -2.45. The normalized spacial score (nSPS) is 15.0. The second-order valence-electron chi connectivity index (χ2n) is 9.40. The van der Waals surface area contributed by atoms with Gasteiger partial charge in [-0.3, -0.25) is 9.88 Å². The van der Waals surface area contributed by atoms with Gasteiger partial charge in [0.1, 0.15) is 0 Å². The molecular weight excluding hydrogens is 452 g/mol. The molecule has 1 saturated heterocycles. The second-order valence-corrected chi connectivity index (χ2v) is 9.83. The highest BCUT2D eigenvalue weighted by molar-refractivity contribution is 6.31. The number of fused-ring (bicyclic) bond motifs is 1. The van der Waals surface area contributed by atoms with Gasteiger partial charge in [-0.2, -0.15) is 0 Å². The van der Waals surface area contributed by atoms with Crippen LogP contribution < -0.4 is 5.32 Å². The summed E-state index contributed by atoms with van der Waals surface area (Å²) in [4.78, 5) is 9.71. The highest BCUT2D eigenvalue weighted by Gasteiger charge is 2.24. The van der Waals surface area contributed by atoms with Gasteiger partial charge in [-0.25, -0.2) is 0 Å². The van der Waals surface area contributed by atoms with Crippen LogP contribution in [0.15, 0.2) is 91.1 Å². The molecule has 5 heteroatoms. The lowest BCUT2D eigenvalue weighted by molar-refractivity contribution is 0.0985. The number of rotatable bonds is 9. The third-order valence-electron chi connectivity index (χ3n) is 6.98. The van der Waals surface area contributed by atoms with Crippen molar-refractivity contribution in [3.8, 4) is 0 Å². The largest absolute Gasteiger partial charge is 0.383 e. The number of pyridine rings is 1. The number of halogens is 1. The number of anilines is 1. The molecule has 0 bridgehead atoms. The highest BCUT2D eigenvalue weighted by atomic mass is 35.5. The molecule has 0 spiro atoms. The van der Waals surface area contributed by atoms with E-state index in [9.17, 15) is 0 Å².